The lowest BCUT2D eigenvalue weighted by atomic mass is 10.1. The van der Waals surface area contributed by atoms with Crippen LogP contribution in [0.5, 0.6) is 0 Å². The van der Waals surface area contributed by atoms with Crippen molar-refractivity contribution in [3.05, 3.63) is 0 Å². The van der Waals surface area contributed by atoms with Crippen molar-refractivity contribution in [2.45, 2.75) is 32.9 Å². The largest absolute Gasteiger partial charge is 0.480 e. The standard InChI is InChI=1S/C8H16N2O4/c1-4(2)6(8(13)14)10-9-5(3)7(11)12/h4-6,9-10H,1-3H3,(H,11,12)(H,13,14)/t5-,6-/m0/s1. The van der Waals surface area contributed by atoms with E-state index >= 15 is 0 Å². The lowest BCUT2D eigenvalue weighted by Crippen LogP contribution is -2.53. The van der Waals surface area contributed by atoms with Gasteiger partial charge in [-0.15, -0.1) is 0 Å². The molecule has 0 aromatic carbocycles. The number of hydrogen-bond donors (Lipinski definition) is 4. The maximum absolute atomic E-state index is 10.7. The monoisotopic (exact) mass is 204 g/mol. The van der Waals surface area contributed by atoms with E-state index in [-0.39, 0.29) is 5.92 Å². The highest BCUT2D eigenvalue weighted by Gasteiger charge is 2.22. The zero-order valence-electron chi connectivity index (χ0n) is 8.44. The molecule has 0 aliphatic rings. The molecule has 6 heteroatoms. The Morgan fingerprint density at radius 1 is 1.00 bits per heavy atom. The lowest BCUT2D eigenvalue weighted by Gasteiger charge is -2.20. The Bertz CT molecular complexity index is 217. The average Bonchev–Trinajstić information content (AvgIpc) is 2.02. The zero-order chi connectivity index (χ0) is 11.3. The van der Waals surface area contributed by atoms with Gasteiger partial charge in [0.05, 0.1) is 0 Å². The van der Waals surface area contributed by atoms with Crippen molar-refractivity contribution in [1.29, 1.82) is 0 Å². The number of carboxylic acids is 2. The topological polar surface area (TPSA) is 98.7 Å². The third-order valence-corrected chi connectivity index (χ3v) is 1.76. The number of carboxylic acid groups (broad SMARTS) is 2. The molecule has 0 saturated carbocycles. The molecule has 0 spiro atoms. The summed E-state index contributed by atoms with van der Waals surface area (Å²) in [5.74, 6) is -2.17. The summed E-state index contributed by atoms with van der Waals surface area (Å²) in [6.07, 6.45) is 0. The third-order valence-electron chi connectivity index (χ3n) is 1.76. The van der Waals surface area contributed by atoms with Crippen molar-refractivity contribution in [1.82, 2.24) is 10.9 Å². The molecule has 0 heterocycles. The minimum atomic E-state index is -1.04. The van der Waals surface area contributed by atoms with Crippen LogP contribution in [0.25, 0.3) is 0 Å². The van der Waals surface area contributed by atoms with E-state index in [2.05, 4.69) is 10.9 Å². The zero-order valence-corrected chi connectivity index (χ0v) is 8.44. The van der Waals surface area contributed by atoms with Crippen molar-refractivity contribution in [2.75, 3.05) is 0 Å². The van der Waals surface area contributed by atoms with Crippen LogP contribution in [0.3, 0.4) is 0 Å². The summed E-state index contributed by atoms with van der Waals surface area (Å²) in [5, 5.41) is 17.3. The normalized spacial score (nSPS) is 15.1. The molecular weight excluding hydrogens is 188 g/mol. The molecule has 6 nitrogen and oxygen atoms in total. The van der Waals surface area contributed by atoms with Crippen molar-refractivity contribution >= 4 is 11.9 Å². The summed E-state index contributed by atoms with van der Waals surface area (Å²) in [6, 6.07) is -1.62. The van der Waals surface area contributed by atoms with Gasteiger partial charge < -0.3 is 10.2 Å². The summed E-state index contributed by atoms with van der Waals surface area (Å²) >= 11 is 0. The van der Waals surface area contributed by atoms with Gasteiger partial charge in [0.1, 0.15) is 12.1 Å². The molecule has 14 heavy (non-hydrogen) atoms. The lowest BCUT2D eigenvalue weighted by molar-refractivity contribution is -0.143. The summed E-state index contributed by atoms with van der Waals surface area (Å²) in [5.41, 5.74) is 4.88. The van der Waals surface area contributed by atoms with Crippen molar-refractivity contribution in [2.24, 2.45) is 5.92 Å². The fourth-order valence-electron chi connectivity index (χ4n) is 0.790. The first kappa shape index (κ1) is 12.9. The number of hydrazine groups is 1. The molecule has 0 fully saturated rings. The van der Waals surface area contributed by atoms with Crippen molar-refractivity contribution < 1.29 is 19.8 Å². The predicted molar refractivity (Wildman–Crippen MR) is 49.6 cm³/mol. The van der Waals surface area contributed by atoms with Crippen LogP contribution in [0, 0.1) is 5.92 Å². The second kappa shape index (κ2) is 5.56. The van der Waals surface area contributed by atoms with Crippen LogP contribution >= 0.6 is 0 Å². The van der Waals surface area contributed by atoms with Gasteiger partial charge in [-0.05, 0) is 12.8 Å². The smallest absolute Gasteiger partial charge is 0.322 e. The van der Waals surface area contributed by atoms with Crippen LogP contribution in [-0.4, -0.2) is 34.2 Å². The van der Waals surface area contributed by atoms with Gasteiger partial charge in [0.25, 0.3) is 0 Å². The third kappa shape index (κ3) is 4.20. The molecule has 4 N–H and O–H groups in total. The Labute approximate surface area is 82.3 Å². The van der Waals surface area contributed by atoms with Crippen LogP contribution in [0.15, 0.2) is 0 Å². The van der Waals surface area contributed by atoms with Crippen molar-refractivity contribution in [3.63, 3.8) is 0 Å². The second-order valence-electron chi connectivity index (χ2n) is 3.41. The van der Waals surface area contributed by atoms with E-state index in [1.165, 1.54) is 6.92 Å². The van der Waals surface area contributed by atoms with Gasteiger partial charge in [-0.2, -0.15) is 0 Å². The first-order chi connectivity index (χ1) is 6.36. The first-order valence-corrected chi connectivity index (χ1v) is 4.33. The van der Waals surface area contributed by atoms with Gasteiger partial charge in [-0.3, -0.25) is 9.59 Å². The van der Waals surface area contributed by atoms with Gasteiger partial charge in [0.15, 0.2) is 0 Å². The molecule has 0 rings (SSSR count). The van der Waals surface area contributed by atoms with Gasteiger partial charge in [-0.1, -0.05) is 13.8 Å². The molecule has 0 aromatic heterocycles. The number of nitrogens with one attached hydrogen (secondary N) is 2. The van der Waals surface area contributed by atoms with Gasteiger partial charge >= 0.3 is 11.9 Å². The maximum atomic E-state index is 10.7. The molecule has 0 aliphatic carbocycles. The minimum absolute atomic E-state index is 0.124. The fraction of sp³-hybridized carbons (Fsp3) is 0.750. The maximum Gasteiger partial charge on any atom is 0.322 e. The highest BCUT2D eigenvalue weighted by molar-refractivity contribution is 5.74. The van der Waals surface area contributed by atoms with Crippen LogP contribution in [0.2, 0.25) is 0 Å². The molecule has 0 aromatic rings. The van der Waals surface area contributed by atoms with E-state index in [4.69, 9.17) is 10.2 Å². The Morgan fingerprint density at radius 3 is 1.79 bits per heavy atom. The van der Waals surface area contributed by atoms with Crippen LogP contribution < -0.4 is 10.9 Å². The number of carbonyl (C=O) groups is 2. The highest BCUT2D eigenvalue weighted by atomic mass is 16.4. The van der Waals surface area contributed by atoms with E-state index in [0.29, 0.717) is 0 Å². The van der Waals surface area contributed by atoms with E-state index in [0.717, 1.165) is 0 Å². The van der Waals surface area contributed by atoms with Gasteiger partial charge in [0.2, 0.25) is 0 Å². The summed E-state index contributed by atoms with van der Waals surface area (Å²) in [6.45, 7) is 4.90. The van der Waals surface area contributed by atoms with E-state index in [1.54, 1.807) is 13.8 Å². The molecule has 0 bridgehead atoms. The van der Waals surface area contributed by atoms with E-state index < -0.39 is 24.0 Å². The number of rotatable bonds is 6. The Hall–Kier alpha value is -1.14. The van der Waals surface area contributed by atoms with Gasteiger partial charge in [0, 0.05) is 0 Å². The Morgan fingerprint density at radius 2 is 1.50 bits per heavy atom. The highest BCUT2D eigenvalue weighted by Crippen LogP contribution is 2.00. The number of aliphatic carboxylic acids is 2. The molecule has 0 amide bonds. The second-order valence-corrected chi connectivity index (χ2v) is 3.41. The molecule has 0 saturated heterocycles. The molecule has 2 atom stereocenters. The molecule has 0 unspecified atom stereocenters. The van der Waals surface area contributed by atoms with Gasteiger partial charge in [-0.25, -0.2) is 10.9 Å². The Balaban J connectivity index is 4.07. The molecule has 82 valence electrons. The van der Waals surface area contributed by atoms with E-state index in [9.17, 15) is 9.59 Å². The summed E-state index contributed by atoms with van der Waals surface area (Å²) < 4.78 is 0. The fourth-order valence-corrected chi connectivity index (χ4v) is 0.790. The molecular formula is C8H16N2O4. The average molecular weight is 204 g/mol. The quantitative estimate of drug-likeness (QED) is 0.442. The number of hydrogen-bond acceptors (Lipinski definition) is 4. The summed E-state index contributed by atoms with van der Waals surface area (Å²) in [7, 11) is 0. The first-order valence-electron chi connectivity index (χ1n) is 4.33. The van der Waals surface area contributed by atoms with Crippen LogP contribution in [0.1, 0.15) is 20.8 Å². The van der Waals surface area contributed by atoms with Crippen LogP contribution in [0.4, 0.5) is 0 Å². The minimum Gasteiger partial charge on any atom is -0.480 e. The molecule has 0 radical (unpaired) electrons. The van der Waals surface area contributed by atoms with Crippen molar-refractivity contribution in [3.8, 4) is 0 Å². The summed E-state index contributed by atoms with van der Waals surface area (Å²) in [4.78, 5) is 21.1. The predicted octanol–water partition coefficient (Wildman–Crippen LogP) is -0.337. The Kier molecular flexibility index (Phi) is 5.11. The SMILES string of the molecule is CC(C)[C@H](NN[C@@H](C)C(=O)O)C(=O)O. The van der Waals surface area contributed by atoms with Crippen LogP contribution in [-0.2, 0) is 9.59 Å². The molecule has 0 aliphatic heterocycles. The van der Waals surface area contributed by atoms with E-state index in [1.807, 2.05) is 0 Å².